The maximum absolute atomic E-state index is 13.2. The molecule has 5 rings (SSSR count). The number of benzene rings is 2. The zero-order valence-electron chi connectivity index (χ0n) is 16.5. The second-order valence-corrected chi connectivity index (χ2v) is 7.53. The average molecular weight is 388 g/mol. The molecule has 3 aromatic rings. The van der Waals surface area contributed by atoms with Crippen LogP contribution >= 0.6 is 0 Å². The van der Waals surface area contributed by atoms with Gasteiger partial charge in [0.2, 0.25) is 0 Å². The fraction of sp³-hybridized carbons (Fsp3) is 0.304. The van der Waals surface area contributed by atoms with Crippen LogP contribution in [-0.4, -0.2) is 54.3 Å². The van der Waals surface area contributed by atoms with Gasteiger partial charge in [-0.15, -0.1) is 0 Å². The lowest BCUT2D eigenvalue weighted by Gasteiger charge is -2.36. The molecule has 6 nitrogen and oxygen atoms in total. The van der Waals surface area contributed by atoms with E-state index in [1.165, 1.54) is 5.56 Å². The molecule has 1 fully saturated rings. The van der Waals surface area contributed by atoms with E-state index in [-0.39, 0.29) is 5.91 Å². The van der Waals surface area contributed by atoms with Crippen LogP contribution in [0.5, 0.6) is 5.75 Å². The van der Waals surface area contributed by atoms with Gasteiger partial charge < -0.3 is 14.5 Å². The third-order valence-corrected chi connectivity index (χ3v) is 5.99. The quantitative estimate of drug-likeness (QED) is 0.749. The van der Waals surface area contributed by atoms with Crippen molar-refractivity contribution >= 4 is 11.6 Å². The van der Waals surface area contributed by atoms with Gasteiger partial charge in [-0.2, -0.15) is 5.10 Å². The van der Waals surface area contributed by atoms with Gasteiger partial charge in [-0.05, 0) is 30.5 Å². The molecule has 1 aromatic heterocycles. The Morgan fingerprint density at radius 3 is 2.59 bits per heavy atom. The molecule has 0 unspecified atom stereocenters. The van der Waals surface area contributed by atoms with Gasteiger partial charge in [-0.25, -0.2) is 0 Å². The van der Waals surface area contributed by atoms with Gasteiger partial charge in [0.05, 0.1) is 18.5 Å². The standard InChI is InChI=1S/C23H24N4O2/c1-29-20-9-5-4-8-19(20)26-12-14-27(15-13-26)23(28)22-18-11-10-16-6-2-3-7-17(16)21(18)24-25-22/h2-9H,10-15H2,1H3,(H,24,25). The van der Waals surface area contributed by atoms with Crippen LogP contribution in [0.25, 0.3) is 11.3 Å². The Labute approximate surface area is 170 Å². The molecule has 148 valence electrons. The number of ether oxygens (including phenoxy) is 1. The van der Waals surface area contributed by atoms with Gasteiger partial charge in [-0.1, -0.05) is 36.4 Å². The first-order chi connectivity index (χ1) is 14.3. The summed E-state index contributed by atoms with van der Waals surface area (Å²) in [5.74, 6) is 0.923. The first-order valence-corrected chi connectivity index (χ1v) is 10.1. The minimum absolute atomic E-state index is 0.0535. The van der Waals surface area contributed by atoms with Crippen LogP contribution in [0.2, 0.25) is 0 Å². The largest absolute Gasteiger partial charge is 0.495 e. The lowest BCUT2D eigenvalue weighted by Crippen LogP contribution is -2.49. The topological polar surface area (TPSA) is 61.5 Å². The maximum Gasteiger partial charge on any atom is 0.272 e. The summed E-state index contributed by atoms with van der Waals surface area (Å²) in [6.45, 7) is 2.93. The van der Waals surface area contributed by atoms with Crippen LogP contribution in [0.1, 0.15) is 21.6 Å². The van der Waals surface area contributed by atoms with Crippen molar-refractivity contribution in [1.29, 1.82) is 0 Å². The van der Waals surface area contributed by atoms with E-state index in [1.807, 2.05) is 29.2 Å². The molecule has 0 saturated carbocycles. The first kappa shape index (κ1) is 17.8. The highest BCUT2D eigenvalue weighted by Crippen LogP contribution is 2.34. The van der Waals surface area contributed by atoms with E-state index < -0.39 is 0 Å². The molecule has 2 heterocycles. The van der Waals surface area contributed by atoms with E-state index in [0.717, 1.165) is 54.2 Å². The van der Waals surface area contributed by atoms with Crippen molar-refractivity contribution in [1.82, 2.24) is 15.1 Å². The Morgan fingerprint density at radius 1 is 1.00 bits per heavy atom. The number of rotatable bonds is 3. The first-order valence-electron chi connectivity index (χ1n) is 10.1. The molecule has 2 aliphatic rings. The molecule has 2 aromatic carbocycles. The zero-order chi connectivity index (χ0) is 19.8. The summed E-state index contributed by atoms with van der Waals surface area (Å²) in [7, 11) is 1.69. The maximum atomic E-state index is 13.2. The highest BCUT2D eigenvalue weighted by molar-refractivity contribution is 5.96. The smallest absolute Gasteiger partial charge is 0.272 e. The molecular formula is C23H24N4O2. The molecule has 0 atom stereocenters. The Balaban J connectivity index is 1.33. The highest BCUT2D eigenvalue weighted by atomic mass is 16.5. The van der Waals surface area contributed by atoms with E-state index in [4.69, 9.17) is 4.74 Å². The van der Waals surface area contributed by atoms with Crippen molar-refractivity contribution in [2.24, 2.45) is 0 Å². The fourth-order valence-corrected chi connectivity index (χ4v) is 4.44. The van der Waals surface area contributed by atoms with E-state index in [9.17, 15) is 4.79 Å². The number of hydrogen-bond donors (Lipinski definition) is 1. The fourth-order valence-electron chi connectivity index (χ4n) is 4.44. The molecule has 1 saturated heterocycles. The van der Waals surface area contributed by atoms with E-state index >= 15 is 0 Å². The predicted octanol–water partition coefficient (Wildman–Crippen LogP) is 3.15. The Morgan fingerprint density at radius 2 is 1.76 bits per heavy atom. The molecular weight excluding hydrogens is 364 g/mol. The van der Waals surface area contributed by atoms with E-state index in [0.29, 0.717) is 18.8 Å². The monoisotopic (exact) mass is 388 g/mol. The van der Waals surface area contributed by atoms with Crippen LogP contribution in [0.3, 0.4) is 0 Å². The Hall–Kier alpha value is -3.28. The number of amides is 1. The number of aromatic nitrogens is 2. The predicted molar refractivity (Wildman–Crippen MR) is 113 cm³/mol. The van der Waals surface area contributed by atoms with Crippen LogP contribution in [0.4, 0.5) is 5.69 Å². The summed E-state index contributed by atoms with van der Waals surface area (Å²) in [4.78, 5) is 17.4. The van der Waals surface area contributed by atoms with E-state index in [2.05, 4.69) is 39.4 Å². The molecule has 0 spiro atoms. The zero-order valence-corrected chi connectivity index (χ0v) is 16.5. The van der Waals surface area contributed by atoms with Gasteiger partial charge in [0.15, 0.2) is 0 Å². The van der Waals surface area contributed by atoms with Crippen LogP contribution in [0, 0.1) is 0 Å². The van der Waals surface area contributed by atoms with Crippen molar-refractivity contribution in [3.63, 3.8) is 0 Å². The second kappa shape index (κ2) is 7.28. The number of para-hydroxylation sites is 2. The molecule has 1 N–H and O–H groups in total. The van der Waals surface area contributed by atoms with Gasteiger partial charge in [0, 0.05) is 37.3 Å². The molecule has 0 radical (unpaired) electrons. The van der Waals surface area contributed by atoms with Crippen molar-refractivity contribution in [2.45, 2.75) is 12.8 Å². The number of methoxy groups -OCH3 is 1. The Kier molecular flexibility index (Phi) is 4.46. The summed E-state index contributed by atoms with van der Waals surface area (Å²) >= 11 is 0. The summed E-state index contributed by atoms with van der Waals surface area (Å²) in [5, 5.41) is 7.54. The summed E-state index contributed by atoms with van der Waals surface area (Å²) < 4.78 is 5.49. The van der Waals surface area contributed by atoms with Crippen molar-refractivity contribution in [3.8, 4) is 17.0 Å². The summed E-state index contributed by atoms with van der Waals surface area (Å²) in [5.41, 5.74) is 6.17. The third kappa shape index (κ3) is 3.05. The number of hydrogen-bond acceptors (Lipinski definition) is 4. The number of carbonyl (C=O) groups excluding carboxylic acids is 1. The number of anilines is 1. The normalized spacial score (nSPS) is 15.6. The minimum atomic E-state index is 0.0535. The molecule has 0 bridgehead atoms. The molecule has 1 aliphatic heterocycles. The second-order valence-electron chi connectivity index (χ2n) is 7.53. The average Bonchev–Trinajstić information content (AvgIpc) is 3.23. The van der Waals surface area contributed by atoms with Gasteiger partial charge in [0.1, 0.15) is 11.4 Å². The number of fused-ring (bicyclic) bond motifs is 3. The number of aryl methyl sites for hydroxylation is 1. The lowest BCUT2D eigenvalue weighted by atomic mass is 9.89. The number of nitrogens with one attached hydrogen (secondary N) is 1. The lowest BCUT2D eigenvalue weighted by molar-refractivity contribution is 0.0739. The van der Waals surface area contributed by atoms with Gasteiger partial charge >= 0.3 is 0 Å². The van der Waals surface area contributed by atoms with Crippen molar-refractivity contribution in [3.05, 3.63) is 65.4 Å². The van der Waals surface area contributed by atoms with Crippen LogP contribution < -0.4 is 9.64 Å². The number of H-pyrrole nitrogens is 1. The van der Waals surface area contributed by atoms with Gasteiger partial charge in [-0.3, -0.25) is 9.89 Å². The molecule has 1 amide bonds. The van der Waals surface area contributed by atoms with Crippen LogP contribution in [0.15, 0.2) is 48.5 Å². The number of aromatic amines is 1. The Bertz CT molecular complexity index is 1050. The SMILES string of the molecule is COc1ccccc1N1CCN(C(=O)c2[nH]nc3c2CCc2ccccc2-3)CC1. The molecule has 29 heavy (non-hydrogen) atoms. The number of carbonyl (C=O) groups is 1. The number of piperazine rings is 1. The summed E-state index contributed by atoms with van der Waals surface area (Å²) in [6.07, 6.45) is 1.80. The van der Waals surface area contributed by atoms with Gasteiger partial charge in [0.25, 0.3) is 5.91 Å². The molecule has 1 aliphatic carbocycles. The summed E-state index contributed by atoms with van der Waals surface area (Å²) in [6, 6.07) is 16.4. The van der Waals surface area contributed by atoms with E-state index in [1.54, 1.807) is 7.11 Å². The number of nitrogens with zero attached hydrogens (tertiary/aromatic N) is 3. The molecule has 6 heteroatoms. The third-order valence-electron chi connectivity index (χ3n) is 5.99. The van der Waals surface area contributed by atoms with Crippen molar-refractivity contribution < 1.29 is 9.53 Å². The highest BCUT2D eigenvalue weighted by Gasteiger charge is 2.29. The minimum Gasteiger partial charge on any atom is -0.495 e. The van der Waals surface area contributed by atoms with Crippen molar-refractivity contribution in [2.75, 3.05) is 38.2 Å². The van der Waals surface area contributed by atoms with Crippen LogP contribution in [-0.2, 0) is 12.8 Å².